The first kappa shape index (κ1) is 28.9. The summed E-state index contributed by atoms with van der Waals surface area (Å²) in [6, 6.07) is 37.3. The summed E-state index contributed by atoms with van der Waals surface area (Å²) < 4.78 is 87.8. The van der Waals surface area contributed by atoms with Gasteiger partial charge >= 0.3 is 12.4 Å². The van der Waals surface area contributed by atoms with E-state index in [-0.39, 0.29) is 5.56 Å². The van der Waals surface area contributed by atoms with E-state index in [1.807, 2.05) is 104 Å². The van der Waals surface area contributed by atoms with Crippen molar-refractivity contribution in [3.8, 4) is 22.5 Å². The standard InChI is InChI=1S/C39H24F6N2/c1-23-36(46-32-14-6-2-10-26(32)27-11-3-7-15-33(27)46)21-25(24-18-19-30(38(40,41)42)31(20-24)39(43,44)45)22-37(23)47-34-16-8-4-12-28(34)29-13-5-9-17-35(29)47/h2-22H,1H3. The molecule has 6 aromatic carbocycles. The average Bonchev–Trinajstić information content (AvgIpc) is 3.57. The molecule has 2 nitrogen and oxygen atoms in total. The monoisotopic (exact) mass is 634 g/mol. The maximum Gasteiger partial charge on any atom is 0.417 e. The van der Waals surface area contributed by atoms with Crippen LogP contribution in [0.15, 0.2) is 127 Å². The molecule has 8 rings (SSSR count). The van der Waals surface area contributed by atoms with Crippen molar-refractivity contribution in [3.63, 3.8) is 0 Å². The second kappa shape index (κ2) is 10.3. The number of hydrogen-bond donors (Lipinski definition) is 0. The van der Waals surface area contributed by atoms with Crippen LogP contribution in [0.5, 0.6) is 0 Å². The molecule has 0 fully saturated rings. The number of rotatable bonds is 3. The first-order chi connectivity index (χ1) is 22.5. The average molecular weight is 635 g/mol. The van der Waals surface area contributed by atoms with E-state index in [1.54, 1.807) is 12.1 Å². The van der Waals surface area contributed by atoms with Crippen LogP contribution in [0.3, 0.4) is 0 Å². The summed E-state index contributed by atoms with van der Waals surface area (Å²) >= 11 is 0. The predicted octanol–water partition coefficient (Wildman–Crippen LogP) is 11.9. The summed E-state index contributed by atoms with van der Waals surface area (Å²) in [5, 5.41) is 4.00. The highest BCUT2D eigenvalue weighted by atomic mass is 19.4. The van der Waals surface area contributed by atoms with E-state index in [2.05, 4.69) is 9.13 Å². The van der Waals surface area contributed by atoms with Gasteiger partial charge in [-0.05, 0) is 72.1 Å². The summed E-state index contributed by atoms with van der Waals surface area (Å²) in [5.74, 6) is 0. The molecule has 8 aromatic rings. The van der Waals surface area contributed by atoms with Gasteiger partial charge in [-0.1, -0.05) is 78.9 Å². The van der Waals surface area contributed by atoms with E-state index in [4.69, 9.17) is 0 Å². The molecule has 0 aliphatic heterocycles. The minimum atomic E-state index is -5.21. The van der Waals surface area contributed by atoms with Crippen LogP contribution in [-0.2, 0) is 12.4 Å². The fourth-order valence-electron chi connectivity index (χ4n) is 6.88. The van der Waals surface area contributed by atoms with Gasteiger partial charge in [0.2, 0.25) is 0 Å². The van der Waals surface area contributed by atoms with Crippen LogP contribution >= 0.6 is 0 Å². The highest BCUT2D eigenvalue weighted by Crippen LogP contribution is 2.44. The van der Waals surface area contributed by atoms with Gasteiger partial charge in [0.25, 0.3) is 0 Å². The molecule has 47 heavy (non-hydrogen) atoms. The smallest absolute Gasteiger partial charge is 0.309 e. The Morgan fingerprint density at radius 2 is 0.766 bits per heavy atom. The molecule has 0 unspecified atom stereocenters. The number of hydrogen-bond acceptors (Lipinski definition) is 0. The van der Waals surface area contributed by atoms with Crippen LogP contribution in [0.25, 0.3) is 66.1 Å². The van der Waals surface area contributed by atoms with Crippen molar-refractivity contribution < 1.29 is 26.3 Å². The lowest BCUT2D eigenvalue weighted by Gasteiger charge is -2.21. The quantitative estimate of drug-likeness (QED) is 0.171. The predicted molar refractivity (Wildman–Crippen MR) is 175 cm³/mol. The molecule has 0 N–H and O–H groups in total. The van der Waals surface area contributed by atoms with Crippen LogP contribution in [-0.4, -0.2) is 9.13 Å². The van der Waals surface area contributed by atoms with Crippen molar-refractivity contribution >= 4 is 43.6 Å². The molecular formula is C39H24F6N2. The lowest BCUT2D eigenvalue weighted by Crippen LogP contribution is -2.16. The van der Waals surface area contributed by atoms with Crippen LogP contribution in [0.1, 0.15) is 16.7 Å². The summed E-state index contributed by atoms with van der Waals surface area (Å²) in [6.45, 7) is 1.97. The van der Waals surface area contributed by atoms with E-state index in [1.165, 1.54) is 0 Å². The number of fused-ring (bicyclic) bond motifs is 6. The Kier molecular flexibility index (Phi) is 6.31. The Bertz CT molecular complexity index is 2270. The SMILES string of the molecule is Cc1c(-n2c3ccccc3c3ccccc32)cc(-c2ccc(C(F)(F)F)c(C(F)(F)F)c2)cc1-n1c2ccccc2c2ccccc21. The zero-order valence-electron chi connectivity index (χ0n) is 24.8. The van der Waals surface area contributed by atoms with Crippen molar-refractivity contribution in [1.82, 2.24) is 9.13 Å². The number of aromatic nitrogens is 2. The zero-order chi connectivity index (χ0) is 32.7. The Balaban J connectivity index is 1.51. The van der Waals surface area contributed by atoms with Crippen molar-refractivity contribution in [1.29, 1.82) is 0 Å². The molecule has 0 spiro atoms. The van der Waals surface area contributed by atoms with Crippen molar-refractivity contribution in [3.05, 3.63) is 144 Å². The Morgan fingerprint density at radius 3 is 1.13 bits per heavy atom. The first-order valence-electron chi connectivity index (χ1n) is 14.9. The van der Waals surface area contributed by atoms with Gasteiger partial charge in [0.1, 0.15) is 0 Å². The van der Waals surface area contributed by atoms with Crippen molar-refractivity contribution in [2.45, 2.75) is 19.3 Å². The number of alkyl halides is 6. The Hall–Kier alpha value is -5.50. The van der Waals surface area contributed by atoms with Gasteiger partial charge in [-0.15, -0.1) is 0 Å². The van der Waals surface area contributed by atoms with Gasteiger partial charge in [-0.25, -0.2) is 0 Å². The van der Waals surface area contributed by atoms with Crippen LogP contribution in [0.4, 0.5) is 26.3 Å². The second-order valence-corrected chi connectivity index (χ2v) is 11.6. The highest BCUT2D eigenvalue weighted by molar-refractivity contribution is 6.11. The van der Waals surface area contributed by atoms with Crippen LogP contribution < -0.4 is 0 Å². The molecule has 2 heterocycles. The third-order valence-corrected chi connectivity index (χ3v) is 8.96. The molecule has 0 radical (unpaired) electrons. The van der Waals surface area contributed by atoms with Gasteiger partial charge in [0.05, 0.1) is 44.6 Å². The third-order valence-electron chi connectivity index (χ3n) is 8.96. The third kappa shape index (κ3) is 4.50. The van der Waals surface area contributed by atoms with E-state index < -0.39 is 23.5 Å². The first-order valence-corrected chi connectivity index (χ1v) is 14.9. The highest BCUT2D eigenvalue weighted by Gasteiger charge is 2.43. The summed E-state index contributed by atoms with van der Waals surface area (Å²) in [7, 11) is 0. The van der Waals surface area contributed by atoms with Crippen LogP contribution in [0.2, 0.25) is 0 Å². The van der Waals surface area contributed by atoms with Gasteiger partial charge in [0, 0.05) is 21.5 Å². The van der Waals surface area contributed by atoms with Gasteiger partial charge in [-0.3, -0.25) is 0 Å². The second-order valence-electron chi connectivity index (χ2n) is 11.6. The number of benzene rings is 6. The molecule has 232 valence electrons. The maximum absolute atomic E-state index is 14.1. The summed E-state index contributed by atoms with van der Waals surface area (Å²) in [5.41, 5.74) is 2.75. The molecule has 0 bridgehead atoms. The summed E-state index contributed by atoms with van der Waals surface area (Å²) in [4.78, 5) is 0. The Morgan fingerprint density at radius 1 is 0.404 bits per heavy atom. The van der Waals surface area contributed by atoms with E-state index in [0.29, 0.717) is 29.1 Å². The van der Waals surface area contributed by atoms with Gasteiger partial charge < -0.3 is 9.13 Å². The molecule has 0 aliphatic rings. The maximum atomic E-state index is 14.1. The van der Waals surface area contributed by atoms with Gasteiger partial charge in [-0.2, -0.15) is 26.3 Å². The molecule has 0 atom stereocenters. The lowest BCUT2D eigenvalue weighted by molar-refractivity contribution is -0.162. The summed E-state index contributed by atoms with van der Waals surface area (Å²) in [6.07, 6.45) is -10.4. The van der Waals surface area contributed by atoms with Crippen molar-refractivity contribution in [2.24, 2.45) is 0 Å². The normalized spacial score (nSPS) is 12.6. The Labute approximate surface area is 264 Å². The van der Waals surface area contributed by atoms with E-state index in [0.717, 1.165) is 55.2 Å². The number of halogens is 6. The fraction of sp³-hybridized carbons (Fsp3) is 0.0769. The molecule has 0 aliphatic carbocycles. The van der Waals surface area contributed by atoms with E-state index in [9.17, 15) is 26.3 Å². The molecule has 0 saturated carbocycles. The molecular weight excluding hydrogens is 610 g/mol. The number of para-hydroxylation sites is 4. The zero-order valence-corrected chi connectivity index (χ0v) is 24.8. The lowest BCUT2D eigenvalue weighted by atomic mass is 9.96. The molecule has 8 heteroatoms. The van der Waals surface area contributed by atoms with E-state index >= 15 is 0 Å². The largest absolute Gasteiger partial charge is 0.417 e. The minimum absolute atomic E-state index is 0.0226. The minimum Gasteiger partial charge on any atom is -0.309 e. The molecule has 0 saturated heterocycles. The van der Waals surface area contributed by atoms with Crippen LogP contribution in [0, 0.1) is 6.92 Å². The van der Waals surface area contributed by atoms with Gasteiger partial charge in [0.15, 0.2) is 0 Å². The molecule has 0 amide bonds. The number of nitrogens with zero attached hydrogens (tertiary/aromatic N) is 2. The fourth-order valence-corrected chi connectivity index (χ4v) is 6.88. The van der Waals surface area contributed by atoms with Crippen molar-refractivity contribution in [2.75, 3.05) is 0 Å². The topological polar surface area (TPSA) is 9.86 Å². The molecule has 2 aromatic heterocycles.